The lowest BCUT2D eigenvalue weighted by molar-refractivity contribution is 0.420. The summed E-state index contributed by atoms with van der Waals surface area (Å²) < 4.78 is 28.7. The zero-order chi connectivity index (χ0) is 13.3. The van der Waals surface area contributed by atoms with Crippen molar-refractivity contribution >= 4 is 9.84 Å². The van der Waals surface area contributed by atoms with Gasteiger partial charge in [0.15, 0.2) is 9.84 Å². The third kappa shape index (κ3) is 2.92. The lowest BCUT2D eigenvalue weighted by Crippen LogP contribution is -2.39. The summed E-state index contributed by atoms with van der Waals surface area (Å²) in [6, 6.07) is 0.0208. The van der Waals surface area contributed by atoms with Crippen molar-refractivity contribution in [2.75, 3.05) is 6.26 Å². The van der Waals surface area contributed by atoms with E-state index in [1.54, 1.807) is 0 Å². The molecular weight excluding hydrogens is 252 g/mol. The van der Waals surface area contributed by atoms with E-state index in [-0.39, 0.29) is 11.3 Å². The van der Waals surface area contributed by atoms with Crippen LogP contribution in [0.25, 0.3) is 0 Å². The molecule has 1 saturated carbocycles. The molecule has 0 spiro atoms. The molecule has 0 aromatic carbocycles. The van der Waals surface area contributed by atoms with Crippen molar-refractivity contribution in [3.05, 3.63) is 17.3 Å². The van der Waals surface area contributed by atoms with E-state index < -0.39 is 9.84 Å². The average Bonchev–Trinajstić information content (AvgIpc) is 2.83. The van der Waals surface area contributed by atoms with E-state index in [1.807, 2.05) is 13.8 Å². The zero-order valence-corrected chi connectivity index (χ0v) is 11.9. The summed E-state index contributed by atoms with van der Waals surface area (Å²) in [5.74, 6) is 1.45. The molecule has 2 atom stereocenters. The minimum absolute atomic E-state index is 0.0208. The molecule has 1 aliphatic carbocycles. The number of nitrogens with zero attached hydrogens (tertiary/aromatic N) is 1. The van der Waals surface area contributed by atoms with Crippen LogP contribution in [0.15, 0.2) is 4.42 Å². The standard InChI is InChI=1S/C12H20N2O3S/c1-8-9(2)17-12(14-8)7-13-10-5-4-6-11(10)18(3,15)16/h10-11,13H,4-7H2,1-3H3. The van der Waals surface area contributed by atoms with E-state index in [2.05, 4.69) is 10.3 Å². The highest BCUT2D eigenvalue weighted by molar-refractivity contribution is 7.91. The first kappa shape index (κ1) is 13.5. The first-order valence-electron chi connectivity index (χ1n) is 6.23. The van der Waals surface area contributed by atoms with Crippen LogP contribution in [0.3, 0.4) is 0 Å². The number of sulfone groups is 1. The highest BCUT2D eigenvalue weighted by atomic mass is 32.2. The number of hydrogen-bond acceptors (Lipinski definition) is 5. The maximum Gasteiger partial charge on any atom is 0.208 e. The Hall–Kier alpha value is -0.880. The normalized spacial score (nSPS) is 24.6. The smallest absolute Gasteiger partial charge is 0.208 e. The number of nitrogens with one attached hydrogen (secondary N) is 1. The maximum atomic E-state index is 11.6. The molecule has 6 heteroatoms. The van der Waals surface area contributed by atoms with Gasteiger partial charge in [-0.3, -0.25) is 0 Å². The summed E-state index contributed by atoms with van der Waals surface area (Å²) in [5.41, 5.74) is 0.887. The van der Waals surface area contributed by atoms with Crippen molar-refractivity contribution in [2.24, 2.45) is 0 Å². The molecule has 1 fully saturated rings. The molecule has 0 radical (unpaired) electrons. The third-order valence-corrected chi connectivity index (χ3v) is 5.25. The molecule has 2 rings (SSSR count). The lowest BCUT2D eigenvalue weighted by Gasteiger charge is -2.18. The minimum atomic E-state index is -2.97. The van der Waals surface area contributed by atoms with Gasteiger partial charge in [0.2, 0.25) is 5.89 Å². The monoisotopic (exact) mass is 272 g/mol. The van der Waals surface area contributed by atoms with E-state index in [0.29, 0.717) is 12.4 Å². The molecule has 0 aliphatic heterocycles. The topological polar surface area (TPSA) is 72.2 Å². The number of aromatic nitrogens is 1. The van der Waals surface area contributed by atoms with Crippen LogP contribution in [0.2, 0.25) is 0 Å². The van der Waals surface area contributed by atoms with Crippen molar-refractivity contribution in [3.8, 4) is 0 Å². The van der Waals surface area contributed by atoms with Gasteiger partial charge in [-0.2, -0.15) is 0 Å². The van der Waals surface area contributed by atoms with Gasteiger partial charge in [-0.15, -0.1) is 0 Å². The summed E-state index contributed by atoms with van der Waals surface area (Å²) in [6.07, 6.45) is 3.92. The number of hydrogen-bond donors (Lipinski definition) is 1. The Balaban J connectivity index is 1.98. The first-order chi connectivity index (χ1) is 8.38. The van der Waals surface area contributed by atoms with E-state index in [9.17, 15) is 8.42 Å². The predicted octanol–water partition coefficient (Wildman–Crippen LogP) is 1.35. The van der Waals surface area contributed by atoms with E-state index >= 15 is 0 Å². The van der Waals surface area contributed by atoms with Crippen LogP contribution >= 0.6 is 0 Å². The largest absolute Gasteiger partial charge is 0.444 e. The molecule has 2 unspecified atom stereocenters. The second-order valence-electron chi connectivity index (χ2n) is 5.04. The van der Waals surface area contributed by atoms with Gasteiger partial charge in [0.1, 0.15) is 5.76 Å². The van der Waals surface area contributed by atoms with Crippen LogP contribution in [0, 0.1) is 13.8 Å². The fourth-order valence-corrected chi connectivity index (χ4v) is 3.93. The molecule has 5 nitrogen and oxygen atoms in total. The Morgan fingerprint density at radius 3 is 2.67 bits per heavy atom. The van der Waals surface area contributed by atoms with Crippen LogP contribution in [0.5, 0.6) is 0 Å². The number of rotatable bonds is 4. The van der Waals surface area contributed by atoms with Gasteiger partial charge in [-0.25, -0.2) is 13.4 Å². The average molecular weight is 272 g/mol. The fraction of sp³-hybridized carbons (Fsp3) is 0.750. The van der Waals surface area contributed by atoms with Gasteiger partial charge >= 0.3 is 0 Å². The zero-order valence-electron chi connectivity index (χ0n) is 11.1. The van der Waals surface area contributed by atoms with Gasteiger partial charge in [-0.1, -0.05) is 6.42 Å². The number of aryl methyl sites for hydroxylation is 2. The molecule has 1 aromatic rings. The van der Waals surface area contributed by atoms with Crippen molar-refractivity contribution in [1.29, 1.82) is 0 Å². The molecule has 0 bridgehead atoms. The summed E-state index contributed by atoms with van der Waals surface area (Å²) in [6.45, 7) is 4.27. The van der Waals surface area contributed by atoms with Gasteiger partial charge in [0, 0.05) is 12.3 Å². The number of oxazole rings is 1. The molecule has 102 valence electrons. The quantitative estimate of drug-likeness (QED) is 0.895. The van der Waals surface area contributed by atoms with E-state index in [4.69, 9.17) is 4.42 Å². The maximum absolute atomic E-state index is 11.6. The molecular formula is C12H20N2O3S. The Morgan fingerprint density at radius 1 is 1.39 bits per heavy atom. The second kappa shape index (κ2) is 5.01. The van der Waals surface area contributed by atoms with Crippen molar-refractivity contribution in [2.45, 2.75) is 50.9 Å². The van der Waals surface area contributed by atoms with E-state index in [1.165, 1.54) is 6.26 Å². The molecule has 18 heavy (non-hydrogen) atoms. The van der Waals surface area contributed by atoms with Crippen LogP contribution in [-0.2, 0) is 16.4 Å². The fourth-order valence-electron chi connectivity index (χ4n) is 2.51. The van der Waals surface area contributed by atoms with Crippen LogP contribution in [0.4, 0.5) is 0 Å². The highest BCUT2D eigenvalue weighted by Gasteiger charge is 2.34. The van der Waals surface area contributed by atoms with Gasteiger partial charge in [0.25, 0.3) is 0 Å². The summed E-state index contributed by atoms with van der Waals surface area (Å²) in [4.78, 5) is 4.28. The Labute approximate surface area is 108 Å². The Kier molecular flexibility index (Phi) is 3.77. The summed E-state index contributed by atoms with van der Waals surface area (Å²) in [7, 11) is -2.97. The molecule has 1 aliphatic rings. The minimum Gasteiger partial charge on any atom is -0.444 e. The Morgan fingerprint density at radius 2 is 2.11 bits per heavy atom. The van der Waals surface area contributed by atoms with E-state index in [0.717, 1.165) is 30.7 Å². The first-order valence-corrected chi connectivity index (χ1v) is 8.18. The molecule has 0 saturated heterocycles. The van der Waals surface area contributed by atoms with Crippen LogP contribution in [-0.4, -0.2) is 30.9 Å². The lowest BCUT2D eigenvalue weighted by atomic mass is 10.2. The second-order valence-corrected chi connectivity index (χ2v) is 7.30. The summed E-state index contributed by atoms with van der Waals surface area (Å²) in [5, 5.41) is 2.99. The van der Waals surface area contributed by atoms with Crippen LogP contribution < -0.4 is 5.32 Å². The summed E-state index contributed by atoms with van der Waals surface area (Å²) >= 11 is 0. The molecule has 0 amide bonds. The van der Waals surface area contributed by atoms with Gasteiger partial charge in [-0.05, 0) is 26.7 Å². The third-order valence-electron chi connectivity index (χ3n) is 3.59. The predicted molar refractivity (Wildman–Crippen MR) is 69.1 cm³/mol. The van der Waals surface area contributed by atoms with Gasteiger partial charge < -0.3 is 9.73 Å². The molecule has 1 heterocycles. The highest BCUT2D eigenvalue weighted by Crippen LogP contribution is 2.25. The van der Waals surface area contributed by atoms with Crippen molar-refractivity contribution in [1.82, 2.24) is 10.3 Å². The van der Waals surface area contributed by atoms with Crippen molar-refractivity contribution in [3.63, 3.8) is 0 Å². The molecule has 1 aromatic heterocycles. The molecule has 1 N–H and O–H groups in total. The van der Waals surface area contributed by atoms with Crippen molar-refractivity contribution < 1.29 is 12.8 Å². The SMILES string of the molecule is Cc1nc(CNC2CCCC2S(C)(=O)=O)oc1C. The Bertz CT molecular complexity index is 502. The van der Waals surface area contributed by atoms with Crippen LogP contribution in [0.1, 0.15) is 36.6 Å². The van der Waals surface area contributed by atoms with Gasteiger partial charge in [0.05, 0.1) is 17.5 Å².